The van der Waals surface area contributed by atoms with Gasteiger partial charge in [-0.2, -0.15) is 0 Å². The molecule has 1 unspecified atom stereocenters. The highest BCUT2D eigenvalue weighted by atomic mass is 15.3. The van der Waals surface area contributed by atoms with Crippen molar-refractivity contribution in [1.82, 2.24) is 9.80 Å². The van der Waals surface area contributed by atoms with Crippen molar-refractivity contribution in [2.24, 2.45) is 5.73 Å². The second kappa shape index (κ2) is 5.25. The molecule has 0 radical (unpaired) electrons. The second-order valence-electron chi connectivity index (χ2n) is 6.25. The lowest BCUT2D eigenvalue weighted by Crippen LogP contribution is -2.44. The number of fused-ring (bicyclic) bond motifs is 1. The molecule has 0 amide bonds. The van der Waals surface area contributed by atoms with Gasteiger partial charge in [0, 0.05) is 24.7 Å². The first kappa shape index (κ1) is 11.9. The van der Waals surface area contributed by atoms with Crippen LogP contribution in [0.15, 0.2) is 0 Å². The second-order valence-corrected chi connectivity index (χ2v) is 6.25. The van der Waals surface area contributed by atoms with Gasteiger partial charge in [-0.25, -0.2) is 0 Å². The number of rotatable bonds is 1. The van der Waals surface area contributed by atoms with Crippen LogP contribution in [0.4, 0.5) is 0 Å². The Bertz CT molecular complexity index is 248. The van der Waals surface area contributed by atoms with E-state index in [1.807, 2.05) is 0 Å². The summed E-state index contributed by atoms with van der Waals surface area (Å²) in [6.45, 7) is 5.36. The molecular weight excluding hydrogens is 210 g/mol. The van der Waals surface area contributed by atoms with Gasteiger partial charge in [0.25, 0.3) is 0 Å². The first-order valence-corrected chi connectivity index (χ1v) is 7.56. The number of hydrogen-bond acceptors (Lipinski definition) is 3. The summed E-state index contributed by atoms with van der Waals surface area (Å²) in [5.41, 5.74) is 6.02. The van der Waals surface area contributed by atoms with Crippen LogP contribution in [-0.4, -0.2) is 54.1 Å². The number of nitrogens with two attached hydrogens (primary N) is 1. The molecule has 3 nitrogen and oxygen atoms in total. The van der Waals surface area contributed by atoms with E-state index in [1.165, 1.54) is 71.1 Å². The lowest BCUT2D eigenvalue weighted by Gasteiger charge is -2.36. The molecule has 0 aromatic heterocycles. The van der Waals surface area contributed by atoms with Crippen LogP contribution in [0.5, 0.6) is 0 Å². The predicted octanol–water partition coefficient (Wildman–Crippen LogP) is 1.43. The maximum atomic E-state index is 6.02. The van der Waals surface area contributed by atoms with Gasteiger partial charge in [-0.15, -0.1) is 0 Å². The lowest BCUT2D eigenvalue weighted by molar-refractivity contribution is 0.136. The summed E-state index contributed by atoms with van der Waals surface area (Å²) in [4.78, 5) is 5.52. The van der Waals surface area contributed by atoms with Gasteiger partial charge >= 0.3 is 0 Å². The van der Waals surface area contributed by atoms with E-state index in [2.05, 4.69) is 9.80 Å². The molecule has 2 N–H and O–H groups in total. The normalized spacial score (nSPS) is 41.1. The Labute approximate surface area is 105 Å². The molecule has 3 rings (SSSR count). The van der Waals surface area contributed by atoms with E-state index in [1.54, 1.807) is 0 Å². The maximum absolute atomic E-state index is 6.02. The van der Waals surface area contributed by atoms with Gasteiger partial charge in [0.2, 0.25) is 0 Å². The molecule has 2 saturated heterocycles. The molecule has 1 saturated carbocycles. The molecular formula is C14H27N3. The average molecular weight is 237 g/mol. The quantitative estimate of drug-likeness (QED) is 0.749. The van der Waals surface area contributed by atoms with Crippen molar-refractivity contribution < 1.29 is 0 Å². The van der Waals surface area contributed by atoms with Gasteiger partial charge in [0.15, 0.2) is 0 Å². The highest BCUT2D eigenvalue weighted by Gasteiger charge is 2.32. The average Bonchev–Trinajstić information content (AvgIpc) is 2.68. The van der Waals surface area contributed by atoms with Crippen LogP contribution in [0.3, 0.4) is 0 Å². The van der Waals surface area contributed by atoms with Crippen molar-refractivity contribution in [3.63, 3.8) is 0 Å². The first-order valence-electron chi connectivity index (χ1n) is 7.56. The van der Waals surface area contributed by atoms with Crippen LogP contribution in [0.1, 0.15) is 44.9 Å². The summed E-state index contributed by atoms with van der Waals surface area (Å²) in [7, 11) is 0. The molecule has 17 heavy (non-hydrogen) atoms. The zero-order valence-electron chi connectivity index (χ0n) is 11.0. The summed E-state index contributed by atoms with van der Waals surface area (Å²) >= 11 is 0. The van der Waals surface area contributed by atoms with E-state index < -0.39 is 0 Å². The molecule has 98 valence electrons. The van der Waals surface area contributed by atoms with Crippen molar-refractivity contribution in [3.05, 3.63) is 0 Å². The fraction of sp³-hybridized carbons (Fsp3) is 1.00. The molecule has 0 bridgehead atoms. The minimum atomic E-state index is 0.487. The number of nitrogens with zero attached hydrogens (tertiary/aromatic N) is 2. The summed E-state index contributed by atoms with van der Waals surface area (Å²) < 4.78 is 0. The minimum absolute atomic E-state index is 0.487. The molecule has 1 atom stereocenters. The van der Waals surface area contributed by atoms with Crippen LogP contribution in [0.2, 0.25) is 0 Å². The molecule has 1 aliphatic carbocycles. The lowest BCUT2D eigenvalue weighted by atomic mass is 9.90. The topological polar surface area (TPSA) is 32.5 Å². The van der Waals surface area contributed by atoms with Crippen LogP contribution < -0.4 is 5.73 Å². The van der Waals surface area contributed by atoms with E-state index in [4.69, 9.17) is 5.73 Å². The van der Waals surface area contributed by atoms with Crippen LogP contribution in [-0.2, 0) is 0 Å². The molecule has 0 spiro atoms. The predicted molar refractivity (Wildman–Crippen MR) is 71.0 cm³/mol. The Balaban J connectivity index is 1.59. The smallest absolute Gasteiger partial charge is 0.0223 e. The third kappa shape index (κ3) is 2.67. The molecule has 3 aliphatic rings. The first-order chi connectivity index (χ1) is 8.33. The fourth-order valence-corrected chi connectivity index (χ4v) is 4.03. The van der Waals surface area contributed by atoms with E-state index in [-0.39, 0.29) is 0 Å². The summed E-state index contributed by atoms with van der Waals surface area (Å²) in [6, 6.07) is 2.20. The third-order valence-electron chi connectivity index (χ3n) is 5.09. The Morgan fingerprint density at radius 3 is 2.24 bits per heavy atom. The van der Waals surface area contributed by atoms with Gasteiger partial charge in [-0.3, -0.25) is 9.80 Å². The summed E-state index contributed by atoms with van der Waals surface area (Å²) in [6.07, 6.45) is 9.41. The highest BCUT2D eigenvalue weighted by molar-refractivity contribution is 4.89. The SMILES string of the molecule is NC1CCC(N2CCCN3CCCC3C2)CC1. The standard InChI is InChI=1S/C14H27N3/c15-12-4-6-13(7-5-12)17-10-2-9-16-8-1-3-14(16)11-17/h12-14H,1-11,15H2. The molecule has 0 aromatic rings. The molecule has 0 aromatic carbocycles. The van der Waals surface area contributed by atoms with Crippen molar-refractivity contribution in [2.75, 3.05) is 26.2 Å². The molecule has 2 aliphatic heterocycles. The molecule has 2 heterocycles. The zero-order chi connectivity index (χ0) is 11.7. The summed E-state index contributed by atoms with van der Waals surface area (Å²) in [5, 5.41) is 0. The van der Waals surface area contributed by atoms with Gasteiger partial charge in [0.05, 0.1) is 0 Å². The highest BCUT2D eigenvalue weighted by Crippen LogP contribution is 2.27. The Morgan fingerprint density at radius 2 is 1.41 bits per heavy atom. The van der Waals surface area contributed by atoms with Crippen molar-refractivity contribution in [2.45, 2.75) is 63.1 Å². The van der Waals surface area contributed by atoms with Crippen LogP contribution >= 0.6 is 0 Å². The maximum Gasteiger partial charge on any atom is 0.0223 e. The number of hydrogen-bond donors (Lipinski definition) is 1. The Kier molecular flexibility index (Phi) is 3.69. The van der Waals surface area contributed by atoms with E-state index >= 15 is 0 Å². The van der Waals surface area contributed by atoms with Crippen LogP contribution in [0, 0.1) is 0 Å². The van der Waals surface area contributed by atoms with Gasteiger partial charge in [-0.1, -0.05) is 0 Å². The van der Waals surface area contributed by atoms with Crippen molar-refractivity contribution in [1.29, 1.82) is 0 Å². The Hall–Kier alpha value is -0.120. The monoisotopic (exact) mass is 237 g/mol. The van der Waals surface area contributed by atoms with Gasteiger partial charge in [0.1, 0.15) is 0 Å². The van der Waals surface area contributed by atoms with E-state index in [0.717, 1.165) is 12.1 Å². The van der Waals surface area contributed by atoms with Gasteiger partial charge < -0.3 is 5.73 Å². The fourth-order valence-electron chi connectivity index (χ4n) is 4.03. The van der Waals surface area contributed by atoms with Crippen LogP contribution in [0.25, 0.3) is 0 Å². The van der Waals surface area contributed by atoms with Crippen molar-refractivity contribution in [3.8, 4) is 0 Å². The van der Waals surface area contributed by atoms with Gasteiger partial charge in [-0.05, 0) is 64.6 Å². The zero-order valence-corrected chi connectivity index (χ0v) is 11.0. The minimum Gasteiger partial charge on any atom is -0.328 e. The largest absolute Gasteiger partial charge is 0.328 e. The van der Waals surface area contributed by atoms with E-state index in [0.29, 0.717) is 6.04 Å². The summed E-state index contributed by atoms with van der Waals surface area (Å²) in [5.74, 6) is 0. The molecule has 3 heteroatoms. The third-order valence-corrected chi connectivity index (χ3v) is 5.09. The molecule has 3 fully saturated rings. The van der Waals surface area contributed by atoms with E-state index in [9.17, 15) is 0 Å². The van der Waals surface area contributed by atoms with Crippen molar-refractivity contribution >= 4 is 0 Å². The Morgan fingerprint density at radius 1 is 0.706 bits per heavy atom.